The van der Waals surface area contributed by atoms with E-state index in [9.17, 15) is 0 Å². The molecule has 23 heavy (non-hydrogen) atoms. The van der Waals surface area contributed by atoms with Gasteiger partial charge in [0.05, 0.1) is 6.54 Å². The molecule has 126 valence electrons. The maximum atomic E-state index is 5.60. The summed E-state index contributed by atoms with van der Waals surface area (Å²) in [5, 5.41) is 3.44. The van der Waals surface area contributed by atoms with Crippen molar-refractivity contribution >= 4 is 5.96 Å². The maximum Gasteiger partial charge on any atom is 0.194 e. The maximum absolute atomic E-state index is 5.60. The molecule has 1 unspecified atom stereocenters. The fourth-order valence-corrected chi connectivity index (χ4v) is 3.45. The van der Waals surface area contributed by atoms with Gasteiger partial charge in [-0.3, -0.25) is 4.90 Å². The van der Waals surface area contributed by atoms with E-state index in [1.54, 1.807) is 0 Å². The molecular weight excluding hydrogens is 288 g/mol. The number of hydrogen-bond acceptors (Lipinski definition) is 3. The second-order valence-corrected chi connectivity index (χ2v) is 6.42. The number of nitrogens with one attached hydrogen (secondary N) is 1. The van der Waals surface area contributed by atoms with Crippen LogP contribution in [0.2, 0.25) is 0 Å². The van der Waals surface area contributed by atoms with Gasteiger partial charge in [0.2, 0.25) is 0 Å². The lowest BCUT2D eigenvalue weighted by Crippen LogP contribution is -2.42. The summed E-state index contributed by atoms with van der Waals surface area (Å²) in [7, 11) is 0. The van der Waals surface area contributed by atoms with E-state index in [2.05, 4.69) is 40.3 Å². The Morgan fingerprint density at radius 1 is 1.35 bits per heavy atom. The Morgan fingerprint density at radius 2 is 2.13 bits per heavy atom. The minimum atomic E-state index is 0.645. The van der Waals surface area contributed by atoms with Crippen LogP contribution >= 0.6 is 0 Å². The number of furan rings is 1. The Bertz CT molecular complexity index is 582. The lowest BCUT2D eigenvalue weighted by molar-refractivity contribution is 0.259. The van der Waals surface area contributed by atoms with Crippen LogP contribution in [0.4, 0.5) is 0 Å². The third-order valence-corrected chi connectivity index (χ3v) is 4.70. The van der Waals surface area contributed by atoms with Crippen molar-refractivity contribution in [2.24, 2.45) is 4.99 Å². The van der Waals surface area contributed by atoms with Crippen molar-refractivity contribution < 1.29 is 4.42 Å². The molecule has 3 heterocycles. The average molecular weight is 316 g/mol. The number of likely N-dealkylation sites (tertiary alicyclic amines) is 1. The molecule has 0 spiro atoms. The molecule has 0 saturated carbocycles. The van der Waals surface area contributed by atoms with Crippen LogP contribution in [0.25, 0.3) is 0 Å². The van der Waals surface area contributed by atoms with Gasteiger partial charge in [-0.05, 0) is 33.3 Å². The van der Waals surface area contributed by atoms with Crippen LogP contribution in [0.3, 0.4) is 0 Å². The third-order valence-electron chi connectivity index (χ3n) is 4.70. The molecule has 0 radical (unpaired) electrons. The van der Waals surface area contributed by atoms with Gasteiger partial charge in [-0.2, -0.15) is 0 Å². The summed E-state index contributed by atoms with van der Waals surface area (Å²) in [4.78, 5) is 9.78. The summed E-state index contributed by atoms with van der Waals surface area (Å²) in [6.07, 6.45) is 5.76. The molecule has 2 aliphatic heterocycles. The van der Waals surface area contributed by atoms with Crippen molar-refractivity contribution in [2.75, 3.05) is 32.7 Å². The van der Waals surface area contributed by atoms with Crippen molar-refractivity contribution in [3.05, 3.63) is 35.3 Å². The molecule has 0 aliphatic carbocycles. The van der Waals surface area contributed by atoms with Crippen LogP contribution in [-0.4, -0.2) is 54.5 Å². The zero-order valence-corrected chi connectivity index (χ0v) is 14.5. The molecule has 1 saturated heterocycles. The summed E-state index contributed by atoms with van der Waals surface area (Å²) in [6, 6.07) is 2.73. The molecule has 1 aromatic heterocycles. The number of hydrogen-bond donors (Lipinski definition) is 1. The van der Waals surface area contributed by atoms with Gasteiger partial charge in [0.15, 0.2) is 5.96 Å². The Morgan fingerprint density at radius 3 is 2.78 bits per heavy atom. The van der Waals surface area contributed by atoms with Gasteiger partial charge < -0.3 is 14.6 Å². The summed E-state index contributed by atoms with van der Waals surface area (Å²) < 4.78 is 5.60. The fourth-order valence-electron chi connectivity index (χ4n) is 3.45. The predicted molar refractivity (Wildman–Crippen MR) is 93.7 cm³/mol. The molecule has 5 nitrogen and oxygen atoms in total. The summed E-state index contributed by atoms with van der Waals surface area (Å²) >= 11 is 0. The van der Waals surface area contributed by atoms with E-state index >= 15 is 0 Å². The highest BCUT2D eigenvalue weighted by Crippen LogP contribution is 2.19. The molecule has 3 rings (SSSR count). The van der Waals surface area contributed by atoms with Crippen molar-refractivity contribution in [3.63, 3.8) is 0 Å². The minimum Gasteiger partial charge on any atom is -0.466 e. The number of aliphatic imine (C=N–C) groups is 1. The highest BCUT2D eigenvalue weighted by molar-refractivity contribution is 5.80. The number of nitrogens with zero attached hydrogens (tertiary/aromatic N) is 3. The van der Waals surface area contributed by atoms with Gasteiger partial charge >= 0.3 is 0 Å². The van der Waals surface area contributed by atoms with Crippen LogP contribution in [0, 0.1) is 13.8 Å². The average Bonchev–Trinajstić information content (AvgIpc) is 3.24. The molecule has 0 aromatic carbocycles. The third kappa shape index (κ3) is 3.78. The summed E-state index contributed by atoms with van der Waals surface area (Å²) in [5.41, 5.74) is 1.18. The van der Waals surface area contributed by atoms with Crippen molar-refractivity contribution in [3.8, 4) is 0 Å². The first-order valence-electron chi connectivity index (χ1n) is 8.65. The number of rotatable bonds is 4. The molecule has 1 aromatic rings. The Balaban J connectivity index is 1.64. The molecular formula is C18H28N4O. The van der Waals surface area contributed by atoms with E-state index in [0.29, 0.717) is 12.6 Å². The van der Waals surface area contributed by atoms with Crippen LogP contribution in [0.1, 0.15) is 30.4 Å². The Hall–Kier alpha value is -1.75. The van der Waals surface area contributed by atoms with Crippen molar-refractivity contribution in [1.82, 2.24) is 15.1 Å². The molecule has 1 fully saturated rings. The lowest BCUT2D eigenvalue weighted by atomic mass is 10.2. The first-order chi connectivity index (χ1) is 11.2. The smallest absolute Gasteiger partial charge is 0.194 e. The highest BCUT2D eigenvalue weighted by atomic mass is 16.3. The van der Waals surface area contributed by atoms with Gasteiger partial charge in [-0.25, -0.2) is 4.99 Å². The van der Waals surface area contributed by atoms with Crippen molar-refractivity contribution in [2.45, 2.75) is 39.8 Å². The topological polar surface area (TPSA) is 44.0 Å². The van der Waals surface area contributed by atoms with E-state index in [1.165, 1.54) is 12.0 Å². The molecule has 1 atom stereocenters. The van der Waals surface area contributed by atoms with Crippen LogP contribution < -0.4 is 5.32 Å². The molecule has 1 N–H and O–H groups in total. The van der Waals surface area contributed by atoms with Crippen molar-refractivity contribution in [1.29, 1.82) is 0 Å². The van der Waals surface area contributed by atoms with Crippen LogP contribution in [0.5, 0.6) is 0 Å². The standard InChI is InChI=1S/C18H28N4O/c1-4-19-18(20-12-16-11-14(2)23-15(16)3)22-10-7-17(13-22)21-8-5-6-9-21/h5-6,11,17H,4,7-10,12-13H2,1-3H3,(H,19,20). The fraction of sp³-hybridized carbons (Fsp3) is 0.611. The zero-order valence-electron chi connectivity index (χ0n) is 14.5. The summed E-state index contributed by atoms with van der Waals surface area (Å²) in [5.74, 6) is 2.96. The largest absolute Gasteiger partial charge is 0.466 e. The Labute approximate surface area is 139 Å². The minimum absolute atomic E-state index is 0.645. The van der Waals surface area contributed by atoms with Gasteiger partial charge in [0, 0.05) is 44.3 Å². The van der Waals surface area contributed by atoms with Gasteiger partial charge in [0.25, 0.3) is 0 Å². The quantitative estimate of drug-likeness (QED) is 0.526. The zero-order chi connectivity index (χ0) is 16.2. The predicted octanol–water partition coefficient (Wildman–Crippen LogP) is 2.31. The number of guanidine groups is 1. The van der Waals surface area contributed by atoms with E-state index in [4.69, 9.17) is 9.41 Å². The monoisotopic (exact) mass is 316 g/mol. The van der Waals surface area contributed by atoms with Crippen LogP contribution in [0.15, 0.2) is 27.6 Å². The Kier molecular flexibility index (Phi) is 5.06. The first kappa shape index (κ1) is 16.1. The van der Waals surface area contributed by atoms with Gasteiger partial charge in [-0.1, -0.05) is 12.2 Å². The van der Waals surface area contributed by atoms with Gasteiger partial charge in [-0.15, -0.1) is 0 Å². The highest BCUT2D eigenvalue weighted by Gasteiger charge is 2.29. The second-order valence-electron chi connectivity index (χ2n) is 6.42. The lowest BCUT2D eigenvalue weighted by Gasteiger charge is -2.25. The van der Waals surface area contributed by atoms with E-state index in [1.807, 2.05) is 13.8 Å². The summed E-state index contributed by atoms with van der Waals surface area (Å²) in [6.45, 7) is 12.0. The number of aryl methyl sites for hydroxylation is 2. The normalized spacial score (nSPS) is 22.3. The first-order valence-corrected chi connectivity index (χ1v) is 8.65. The SMILES string of the molecule is CCNC(=NCc1cc(C)oc1C)N1CCC(N2CC=CC2)C1. The van der Waals surface area contributed by atoms with E-state index in [0.717, 1.165) is 50.2 Å². The molecule has 0 amide bonds. The molecule has 2 aliphatic rings. The molecule has 5 heteroatoms. The van der Waals surface area contributed by atoms with Crippen LogP contribution in [-0.2, 0) is 6.54 Å². The van der Waals surface area contributed by atoms with E-state index in [-0.39, 0.29) is 0 Å². The van der Waals surface area contributed by atoms with E-state index < -0.39 is 0 Å². The molecule has 0 bridgehead atoms. The van der Waals surface area contributed by atoms with Gasteiger partial charge in [0.1, 0.15) is 11.5 Å². The second kappa shape index (κ2) is 7.21.